The van der Waals surface area contributed by atoms with E-state index in [1.54, 1.807) is 43.3 Å². The highest BCUT2D eigenvalue weighted by Gasteiger charge is 2.25. The molecule has 0 fully saturated rings. The average molecular weight is 380 g/mol. The van der Waals surface area contributed by atoms with Crippen molar-refractivity contribution in [3.8, 4) is 0 Å². The van der Waals surface area contributed by atoms with Gasteiger partial charge in [-0.15, -0.1) is 0 Å². The van der Waals surface area contributed by atoms with Gasteiger partial charge in [0.15, 0.2) is 0 Å². The van der Waals surface area contributed by atoms with Crippen molar-refractivity contribution >= 4 is 34.8 Å². The highest BCUT2D eigenvalue weighted by molar-refractivity contribution is 5.96. The number of aryl methyl sites for hydroxylation is 1. The van der Waals surface area contributed by atoms with Gasteiger partial charge in [-0.1, -0.05) is 18.2 Å². The number of ether oxygens (including phenoxy) is 1. The molecule has 2 aromatic heterocycles. The Morgan fingerprint density at radius 3 is 2.46 bits per heavy atom. The third kappa shape index (κ3) is 4.01. The predicted octanol–water partition coefficient (Wildman–Crippen LogP) is 3.36. The lowest BCUT2D eigenvalue weighted by molar-refractivity contribution is -0.383. The molecular formula is C18H16N6O4. The Morgan fingerprint density at radius 2 is 1.79 bits per heavy atom. The molecule has 0 aliphatic heterocycles. The summed E-state index contributed by atoms with van der Waals surface area (Å²) in [6.07, 6.45) is 1.17. The van der Waals surface area contributed by atoms with E-state index in [0.717, 1.165) is 5.69 Å². The standard InChI is InChI=1S/C18H16N6O4/c1-11-6-5-9-14(21-11)23-17-15(24(26)27)16(19-10-20-17)22-13-8-4-3-7-12(13)18(25)28-2/h3-10H,1-2H3,(H2,19,20,21,22,23). The number of aromatic nitrogens is 3. The molecule has 0 aliphatic rings. The van der Waals surface area contributed by atoms with Crippen molar-refractivity contribution in [2.75, 3.05) is 17.7 Å². The Hall–Kier alpha value is -4.08. The molecule has 0 unspecified atom stereocenters. The fraction of sp³-hybridized carbons (Fsp3) is 0.111. The first-order valence-corrected chi connectivity index (χ1v) is 8.14. The van der Waals surface area contributed by atoms with Gasteiger partial charge in [0.05, 0.1) is 23.3 Å². The lowest BCUT2D eigenvalue weighted by Gasteiger charge is -2.12. The van der Waals surface area contributed by atoms with Crippen LogP contribution in [0.5, 0.6) is 0 Å². The average Bonchev–Trinajstić information content (AvgIpc) is 2.68. The molecule has 0 amide bonds. The fourth-order valence-corrected chi connectivity index (χ4v) is 2.48. The second-order valence-electron chi connectivity index (χ2n) is 5.63. The van der Waals surface area contributed by atoms with Gasteiger partial charge in [0.2, 0.25) is 11.6 Å². The number of carbonyl (C=O) groups is 1. The summed E-state index contributed by atoms with van der Waals surface area (Å²) in [5.74, 6) is -0.285. The van der Waals surface area contributed by atoms with Gasteiger partial charge in [-0.2, -0.15) is 0 Å². The lowest BCUT2D eigenvalue weighted by Crippen LogP contribution is -2.09. The van der Waals surface area contributed by atoms with Crippen LogP contribution in [0, 0.1) is 17.0 Å². The highest BCUT2D eigenvalue weighted by Crippen LogP contribution is 2.33. The van der Waals surface area contributed by atoms with Gasteiger partial charge in [-0.25, -0.2) is 19.7 Å². The maximum Gasteiger partial charge on any atom is 0.353 e. The molecule has 10 nitrogen and oxygen atoms in total. The van der Waals surface area contributed by atoms with Crippen molar-refractivity contribution in [2.24, 2.45) is 0 Å². The van der Waals surface area contributed by atoms with Crippen molar-refractivity contribution in [1.29, 1.82) is 0 Å². The molecule has 0 saturated carbocycles. The van der Waals surface area contributed by atoms with E-state index in [1.807, 2.05) is 0 Å². The number of benzene rings is 1. The van der Waals surface area contributed by atoms with Gasteiger partial charge in [-0.3, -0.25) is 10.1 Å². The number of esters is 1. The molecule has 2 heterocycles. The van der Waals surface area contributed by atoms with Crippen LogP contribution in [0.3, 0.4) is 0 Å². The summed E-state index contributed by atoms with van der Waals surface area (Å²) in [6.45, 7) is 1.80. The van der Waals surface area contributed by atoms with Gasteiger partial charge in [0.25, 0.3) is 0 Å². The van der Waals surface area contributed by atoms with Crippen LogP contribution in [0.25, 0.3) is 0 Å². The topological polar surface area (TPSA) is 132 Å². The SMILES string of the molecule is COC(=O)c1ccccc1Nc1ncnc(Nc2cccc(C)n2)c1[N+](=O)[O-]. The van der Waals surface area contributed by atoms with E-state index >= 15 is 0 Å². The second-order valence-corrected chi connectivity index (χ2v) is 5.63. The number of hydrogen-bond donors (Lipinski definition) is 2. The summed E-state index contributed by atoms with van der Waals surface area (Å²) in [5.41, 5.74) is 0.890. The van der Waals surface area contributed by atoms with Crippen LogP contribution < -0.4 is 10.6 Å². The first-order valence-electron chi connectivity index (χ1n) is 8.14. The summed E-state index contributed by atoms with van der Waals surface area (Å²) in [6, 6.07) is 11.7. The Balaban J connectivity index is 2.01. The summed E-state index contributed by atoms with van der Waals surface area (Å²) in [4.78, 5) is 35.2. The zero-order valence-corrected chi connectivity index (χ0v) is 15.0. The minimum Gasteiger partial charge on any atom is -0.465 e. The summed E-state index contributed by atoms with van der Waals surface area (Å²) in [5, 5.41) is 17.4. The molecule has 10 heteroatoms. The number of carbonyl (C=O) groups excluding carboxylic acids is 1. The van der Waals surface area contributed by atoms with E-state index in [0.29, 0.717) is 11.5 Å². The van der Waals surface area contributed by atoms with Crippen molar-refractivity contribution in [2.45, 2.75) is 6.92 Å². The van der Waals surface area contributed by atoms with Gasteiger partial charge in [0, 0.05) is 5.69 Å². The number of nitro groups is 1. The van der Waals surface area contributed by atoms with Gasteiger partial charge in [0.1, 0.15) is 12.1 Å². The number of nitrogens with one attached hydrogen (secondary N) is 2. The van der Waals surface area contributed by atoms with Gasteiger partial charge >= 0.3 is 11.7 Å². The Morgan fingerprint density at radius 1 is 1.07 bits per heavy atom. The maximum atomic E-state index is 11.9. The van der Waals surface area contributed by atoms with Crippen LogP contribution in [0.4, 0.5) is 28.8 Å². The van der Waals surface area contributed by atoms with Crippen molar-refractivity contribution < 1.29 is 14.5 Å². The molecule has 0 saturated heterocycles. The van der Waals surface area contributed by atoms with Crippen LogP contribution in [0.2, 0.25) is 0 Å². The summed E-state index contributed by atoms with van der Waals surface area (Å²) >= 11 is 0. The number of para-hydroxylation sites is 1. The lowest BCUT2D eigenvalue weighted by atomic mass is 10.2. The number of methoxy groups -OCH3 is 1. The number of rotatable bonds is 6. The maximum absolute atomic E-state index is 11.9. The molecular weight excluding hydrogens is 364 g/mol. The molecule has 0 bridgehead atoms. The molecule has 0 radical (unpaired) electrons. The predicted molar refractivity (Wildman–Crippen MR) is 102 cm³/mol. The van der Waals surface area contributed by atoms with Gasteiger partial charge in [-0.05, 0) is 31.2 Å². The second kappa shape index (κ2) is 8.08. The normalized spacial score (nSPS) is 10.2. The Bertz CT molecular complexity index is 1040. The van der Waals surface area contributed by atoms with E-state index in [2.05, 4.69) is 25.6 Å². The molecule has 1 aromatic carbocycles. The molecule has 0 spiro atoms. The van der Waals surface area contributed by atoms with Crippen molar-refractivity contribution in [3.63, 3.8) is 0 Å². The molecule has 142 valence electrons. The van der Waals surface area contributed by atoms with Crippen LogP contribution >= 0.6 is 0 Å². The number of hydrogen-bond acceptors (Lipinski definition) is 9. The molecule has 2 N–H and O–H groups in total. The van der Waals surface area contributed by atoms with Gasteiger partial charge < -0.3 is 15.4 Å². The number of anilines is 4. The number of pyridine rings is 1. The number of nitrogens with zero attached hydrogens (tertiary/aromatic N) is 4. The molecule has 0 atom stereocenters. The van der Waals surface area contributed by atoms with E-state index < -0.39 is 10.9 Å². The zero-order valence-electron chi connectivity index (χ0n) is 15.0. The summed E-state index contributed by atoms with van der Waals surface area (Å²) < 4.78 is 4.74. The quantitative estimate of drug-likeness (QED) is 0.375. The van der Waals surface area contributed by atoms with E-state index in [4.69, 9.17) is 4.74 Å². The largest absolute Gasteiger partial charge is 0.465 e. The van der Waals surface area contributed by atoms with Crippen LogP contribution in [-0.2, 0) is 4.74 Å². The minimum atomic E-state index is -0.610. The summed E-state index contributed by atoms with van der Waals surface area (Å²) in [7, 11) is 1.25. The van der Waals surface area contributed by atoms with E-state index in [-0.39, 0.29) is 22.9 Å². The minimum absolute atomic E-state index is 0.0313. The van der Waals surface area contributed by atoms with Crippen molar-refractivity contribution in [3.05, 3.63) is 70.2 Å². The Kier molecular flexibility index (Phi) is 5.40. The van der Waals surface area contributed by atoms with Crippen molar-refractivity contribution in [1.82, 2.24) is 15.0 Å². The van der Waals surface area contributed by atoms with E-state index in [1.165, 1.54) is 19.5 Å². The van der Waals surface area contributed by atoms with Crippen LogP contribution in [0.1, 0.15) is 16.1 Å². The third-order valence-corrected chi connectivity index (χ3v) is 3.73. The van der Waals surface area contributed by atoms with Crippen LogP contribution in [-0.4, -0.2) is 33.0 Å². The smallest absolute Gasteiger partial charge is 0.353 e. The van der Waals surface area contributed by atoms with Crippen LogP contribution in [0.15, 0.2) is 48.8 Å². The molecule has 3 rings (SSSR count). The third-order valence-electron chi connectivity index (χ3n) is 3.73. The molecule has 3 aromatic rings. The monoisotopic (exact) mass is 380 g/mol. The van der Waals surface area contributed by atoms with E-state index in [9.17, 15) is 14.9 Å². The Labute approximate surface area is 159 Å². The fourth-order valence-electron chi connectivity index (χ4n) is 2.48. The zero-order chi connectivity index (χ0) is 20.1. The molecule has 0 aliphatic carbocycles. The first kappa shape index (κ1) is 18.7. The first-order chi connectivity index (χ1) is 13.5. The molecule has 28 heavy (non-hydrogen) atoms. The highest BCUT2D eigenvalue weighted by atomic mass is 16.6.